The first-order valence-electron chi connectivity index (χ1n) is 8.74. The zero-order valence-corrected chi connectivity index (χ0v) is 14.4. The molecule has 4 rings (SSSR count). The predicted octanol–water partition coefficient (Wildman–Crippen LogP) is 3.33. The smallest absolute Gasteiger partial charge is 0.318 e. The van der Waals surface area contributed by atoms with Crippen molar-refractivity contribution in [2.45, 2.75) is 19.0 Å². The summed E-state index contributed by atoms with van der Waals surface area (Å²) in [5.74, 6) is 0. The monoisotopic (exact) mass is 344 g/mol. The summed E-state index contributed by atoms with van der Waals surface area (Å²) in [7, 11) is 0. The van der Waals surface area contributed by atoms with E-state index in [2.05, 4.69) is 15.3 Å². The van der Waals surface area contributed by atoms with Gasteiger partial charge >= 0.3 is 6.03 Å². The number of urea groups is 1. The second kappa shape index (κ2) is 7.35. The van der Waals surface area contributed by atoms with Crippen molar-refractivity contribution in [3.8, 4) is 0 Å². The maximum Gasteiger partial charge on any atom is 0.318 e. The maximum absolute atomic E-state index is 12.9. The molecule has 0 aliphatic carbocycles. The molecule has 26 heavy (non-hydrogen) atoms. The van der Waals surface area contributed by atoms with Crippen LogP contribution in [0.2, 0.25) is 0 Å². The van der Waals surface area contributed by atoms with E-state index in [1.807, 2.05) is 65.6 Å². The van der Waals surface area contributed by atoms with Crippen LogP contribution in [0.15, 0.2) is 73.2 Å². The molecule has 1 aromatic heterocycles. The van der Waals surface area contributed by atoms with Crippen LogP contribution in [0.25, 0.3) is 0 Å². The summed E-state index contributed by atoms with van der Waals surface area (Å²) < 4.78 is 0. The lowest BCUT2D eigenvalue weighted by atomic mass is 9.99. The van der Waals surface area contributed by atoms with Gasteiger partial charge < -0.3 is 10.2 Å². The molecule has 0 spiro atoms. The first-order valence-corrected chi connectivity index (χ1v) is 8.74. The van der Waals surface area contributed by atoms with Crippen LogP contribution in [0.3, 0.4) is 0 Å². The van der Waals surface area contributed by atoms with E-state index in [0.29, 0.717) is 13.1 Å². The van der Waals surface area contributed by atoms with Crippen molar-refractivity contribution in [3.05, 3.63) is 95.6 Å². The third-order valence-corrected chi connectivity index (χ3v) is 4.68. The van der Waals surface area contributed by atoms with Crippen molar-refractivity contribution in [1.29, 1.82) is 0 Å². The summed E-state index contributed by atoms with van der Waals surface area (Å²) in [6.07, 6.45) is 4.12. The molecule has 0 unspecified atom stereocenters. The van der Waals surface area contributed by atoms with Crippen molar-refractivity contribution in [1.82, 2.24) is 20.2 Å². The summed E-state index contributed by atoms with van der Waals surface area (Å²) in [4.78, 5) is 23.1. The molecule has 130 valence electrons. The van der Waals surface area contributed by atoms with Gasteiger partial charge in [0.1, 0.15) is 6.33 Å². The molecule has 3 aromatic rings. The molecule has 1 N–H and O–H groups in total. The number of hydrogen-bond donors (Lipinski definition) is 1. The molecule has 2 amide bonds. The maximum atomic E-state index is 12.9. The fourth-order valence-electron chi connectivity index (χ4n) is 3.30. The van der Waals surface area contributed by atoms with Crippen LogP contribution >= 0.6 is 0 Å². The number of carbonyl (C=O) groups is 1. The fourth-order valence-corrected chi connectivity index (χ4v) is 3.30. The molecule has 0 saturated carbocycles. The number of hydrogen-bond acceptors (Lipinski definition) is 3. The Hall–Kier alpha value is -3.21. The van der Waals surface area contributed by atoms with Crippen LogP contribution in [0.1, 0.15) is 28.4 Å². The van der Waals surface area contributed by atoms with Gasteiger partial charge in [-0.15, -0.1) is 0 Å². The van der Waals surface area contributed by atoms with E-state index in [1.54, 1.807) is 12.5 Å². The molecular weight excluding hydrogens is 324 g/mol. The van der Waals surface area contributed by atoms with Gasteiger partial charge in [-0.25, -0.2) is 14.8 Å². The van der Waals surface area contributed by atoms with Crippen LogP contribution in [-0.4, -0.2) is 27.4 Å². The van der Waals surface area contributed by atoms with E-state index < -0.39 is 0 Å². The predicted molar refractivity (Wildman–Crippen MR) is 99.4 cm³/mol. The van der Waals surface area contributed by atoms with Crippen molar-refractivity contribution >= 4 is 6.03 Å². The van der Waals surface area contributed by atoms with E-state index in [-0.39, 0.29) is 12.1 Å². The van der Waals surface area contributed by atoms with Crippen LogP contribution in [-0.2, 0) is 13.0 Å². The molecule has 0 atom stereocenters. The number of benzene rings is 2. The van der Waals surface area contributed by atoms with Crippen molar-refractivity contribution in [2.75, 3.05) is 6.54 Å². The molecule has 5 nitrogen and oxygen atoms in total. The minimum atomic E-state index is -0.182. The SMILES string of the molecule is O=C(NC(c1ccccc1)c1ccccc1)N1CCc2ncncc2C1. The van der Waals surface area contributed by atoms with Crippen LogP contribution in [0.4, 0.5) is 4.79 Å². The molecule has 0 radical (unpaired) electrons. The third-order valence-electron chi connectivity index (χ3n) is 4.68. The molecule has 2 heterocycles. The molecule has 0 saturated heterocycles. The standard InChI is InChI=1S/C21H20N4O/c26-21(25-12-11-19-18(14-25)13-22-15-23-19)24-20(16-7-3-1-4-8-16)17-9-5-2-6-10-17/h1-10,13,15,20H,11-12,14H2,(H,24,26). The normalized spacial score (nSPS) is 13.3. The van der Waals surface area contributed by atoms with Gasteiger partial charge in [0.05, 0.1) is 18.3 Å². The van der Waals surface area contributed by atoms with E-state index in [4.69, 9.17) is 0 Å². The average Bonchev–Trinajstić information content (AvgIpc) is 2.72. The Morgan fingerprint density at radius 3 is 2.31 bits per heavy atom. The molecule has 2 aromatic carbocycles. The van der Waals surface area contributed by atoms with Crippen LogP contribution < -0.4 is 5.32 Å². The number of carbonyl (C=O) groups excluding carboxylic acids is 1. The molecule has 5 heteroatoms. The number of nitrogens with zero attached hydrogens (tertiary/aromatic N) is 3. The van der Waals surface area contributed by atoms with Gasteiger partial charge in [-0.1, -0.05) is 60.7 Å². The van der Waals surface area contributed by atoms with Crippen molar-refractivity contribution < 1.29 is 4.79 Å². The minimum absolute atomic E-state index is 0.0720. The zero-order valence-electron chi connectivity index (χ0n) is 14.4. The Morgan fingerprint density at radius 2 is 1.65 bits per heavy atom. The molecule has 0 fully saturated rings. The minimum Gasteiger partial charge on any atom is -0.327 e. The lowest BCUT2D eigenvalue weighted by Gasteiger charge is -2.30. The number of fused-ring (bicyclic) bond motifs is 1. The van der Waals surface area contributed by atoms with Crippen molar-refractivity contribution in [2.24, 2.45) is 0 Å². The largest absolute Gasteiger partial charge is 0.327 e. The quantitative estimate of drug-likeness (QED) is 0.793. The number of nitrogens with one attached hydrogen (secondary N) is 1. The lowest BCUT2D eigenvalue weighted by Crippen LogP contribution is -2.44. The number of aromatic nitrogens is 2. The average molecular weight is 344 g/mol. The summed E-state index contributed by atoms with van der Waals surface area (Å²) in [6, 6.07) is 19.8. The second-order valence-electron chi connectivity index (χ2n) is 6.37. The van der Waals surface area contributed by atoms with Gasteiger partial charge in [-0.2, -0.15) is 0 Å². The van der Waals surface area contributed by atoms with Gasteiger partial charge in [0.2, 0.25) is 0 Å². The van der Waals surface area contributed by atoms with Crippen LogP contribution in [0.5, 0.6) is 0 Å². The summed E-state index contributed by atoms with van der Waals surface area (Å²) >= 11 is 0. The summed E-state index contributed by atoms with van der Waals surface area (Å²) in [6.45, 7) is 1.20. The van der Waals surface area contributed by atoms with Gasteiger partial charge in [-0.05, 0) is 11.1 Å². The fraction of sp³-hybridized carbons (Fsp3) is 0.190. The Labute approximate surface area is 152 Å². The Bertz CT molecular complexity index is 843. The molecule has 0 bridgehead atoms. The van der Waals surface area contributed by atoms with E-state index in [1.165, 1.54) is 0 Å². The van der Waals surface area contributed by atoms with E-state index >= 15 is 0 Å². The Balaban J connectivity index is 1.56. The van der Waals surface area contributed by atoms with Gasteiger partial charge in [-0.3, -0.25) is 0 Å². The first kappa shape index (κ1) is 16.3. The van der Waals surface area contributed by atoms with Crippen molar-refractivity contribution in [3.63, 3.8) is 0 Å². The Kier molecular flexibility index (Phi) is 4.60. The summed E-state index contributed by atoms with van der Waals surface area (Å²) in [5, 5.41) is 3.20. The zero-order chi connectivity index (χ0) is 17.8. The molecule has 1 aliphatic rings. The van der Waals surface area contributed by atoms with E-state index in [0.717, 1.165) is 28.8 Å². The summed E-state index contributed by atoms with van der Waals surface area (Å²) in [5.41, 5.74) is 4.18. The highest BCUT2D eigenvalue weighted by molar-refractivity contribution is 5.75. The second-order valence-corrected chi connectivity index (χ2v) is 6.37. The number of rotatable bonds is 3. The topological polar surface area (TPSA) is 58.1 Å². The van der Waals surface area contributed by atoms with Gasteiger partial charge in [0.15, 0.2) is 0 Å². The highest BCUT2D eigenvalue weighted by Gasteiger charge is 2.24. The highest BCUT2D eigenvalue weighted by atomic mass is 16.2. The first-order chi connectivity index (χ1) is 12.8. The molecule has 1 aliphatic heterocycles. The highest BCUT2D eigenvalue weighted by Crippen LogP contribution is 2.23. The number of amides is 2. The van der Waals surface area contributed by atoms with Gasteiger partial charge in [0.25, 0.3) is 0 Å². The molecular formula is C21H20N4O. The Morgan fingerprint density at radius 1 is 1.00 bits per heavy atom. The lowest BCUT2D eigenvalue weighted by molar-refractivity contribution is 0.189. The third kappa shape index (κ3) is 3.42. The van der Waals surface area contributed by atoms with Crippen LogP contribution in [0, 0.1) is 0 Å². The van der Waals surface area contributed by atoms with Gasteiger partial charge in [0, 0.05) is 24.7 Å². The van der Waals surface area contributed by atoms with E-state index in [9.17, 15) is 4.79 Å².